The van der Waals surface area contributed by atoms with Crippen LogP contribution >= 0.6 is 0 Å². The summed E-state index contributed by atoms with van der Waals surface area (Å²) in [7, 11) is 0. The van der Waals surface area contributed by atoms with Gasteiger partial charge in [0.15, 0.2) is 11.5 Å². The first kappa shape index (κ1) is 18.4. The highest BCUT2D eigenvalue weighted by Crippen LogP contribution is 2.23. The van der Waals surface area contributed by atoms with Crippen LogP contribution in [0.25, 0.3) is 0 Å². The summed E-state index contributed by atoms with van der Waals surface area (Å²) in [6, 6.07) is 12.2. The van der Waals surface area contributed by atoms with Gasteiger partial charge < -0.3 is 9.80 Å². The molecule has 7 heteroatoms. The van der Waals surface area contributed by atoms with Gasteiger partial charge in [0, 0.05) is 51.7 Å². The van der Waals surface area contributed by atoms with Gasteiger partial charge in [-0.15, -0.1) is 0 Å². The van der Waals surface area contributed by atoms with E-state index in [-0.39, 0.29) is 11.9 Å². The van der Waals surface area contributed by atoms with Gasteiger partial charge in [-0.25, -0.2) is 9.97 Å². The highest BCUT2D eigenvalue weighted by molar-refractivity contribution is 5.82. The number of nitrogens with zero attached hydrogens (tertiary/aromatic N) is 6. The molecule has 7 nitrogen and oxygen atoms in total. The molecule has 1 aromatic carbocycles. The SMILES string of the molecule is N#Cc1nccnc1N1CCN(C2CCCN(Cc3ccccc3)C2=O)CC1. The van der Waals surface area contributed by atoms with Crippen molar-refractivity contribution in [1.29, 1.82) is 5.26 Å². The number of anilines is 1. The fourth-order valence-corrected chi connectivity index (χ4v) is 4.11. The quantitative estimate of drug-likeness (QED) is 0.808. The van der Waals surface area contributed by atoms with Crippen LogP contribution in [0.1, 0.15) is 24.1 Å². The Morgan fingerprint density at radius 2 is 1.79 bits per heavy atom. The highest BCUT2D eigenvalue weighted by atomic mass is 16.2. The molecule has 144 valence electrons. The van der Waals surface area contributed by atoms with E-state index in [4.69, 9.17) is 0 Å². The molecule has 2 saturated heterocycles. The molecule has 1 unspecified atom stereocenters. The van der Waals surface area contributed by atoms with Crippen LogP contribution in [0, 0.1) is 11.3 Å². The summed E-state index contributed by atoms with van der Waals surface area (Å²) in [4.78, 5) is 27.9. The molecular weight excluding hydrogens is 352 g/mol. The molecule has 2 fully saturated rings. The standard InChI is InChI=1S/C21H24N6O/c22-15-18-20(24-9-8-23-18)26-13-11-25(12-14-26)19-7-4-10-27(21(19)28)16-17-5-2-1-3-6-17/h1-3,5-6,8-9,19H,4,7,10-14,16H2. The van der Waals surface area contributed by atoms with Crippen LogP contribution < -0.4 is 4.90 Å². The molecule has 3 heterocycles. The van der Waals surface area contributed by atoms with Crippen molar-refractivity contribution in [2.24, 2.45) is 0 Å². The van der Waals surface area contributed by atoms with E-state index in [1.807, 2.05) is 23.1 Å². The molecule has 0 radical (unpaired) electrons. The third-order valence-corrected chi connectivity index (χ3v) is 5.56. The lowest BCUT2D eigenvalue weighted by molar-refractivity contribution is -0.141. The molecule has 2 aliphatic rings. The monoisotopic (exact) mass is 376 g/mol. The van der Waals surface area contributed by atoms with Crippen molar-refractivity contribution < 1.29 is 4.79 Å². The first-order valence-electron chi connectivity index (χ1n) is 9.79. The summed E-state index contributed by atoms with van der Waals surface area (Å²) in [6.07, 6.45) is 5.11. The molecule has 4 rings (SSSR count). The molecule has 0 N–H and O–H groups in total. The number of benzene rings is 1. The molecule has 0 spiro atoms. The third kappa shape index (κ3) is 3.82. The van der Waals surface area contributed by atoms with E-state index in [2.05, 4.69) is 38.0 Å². The first-order valence-corrected chi connectivity index (χ1v) is 9.79. The Hall–Kier alpha value is -2.98. The maximum atomic E-state index is 13.1. The average Bonchev–Trinajstić information content (AvgIpc) is 2.76. The van der Waals surface area contributed by atoms with E-state index in [9.17, 15) is 10.1 Å². The van der Waals surface area contributed by atoms with Crippen molar-refractivity contribution in [2.75, 3.05) is 37.6 Å². The van der Waals surface area contributed by atoms with Crippen LogP contribution in [0.3, 0.4) is 0 Å². The van der Waals surface area contributed by atoms with Crippen molar-refractivity contribution in [3.05, 3.63) is 54.0 Å². The smallest absolute Gasteiger partial charge is 0.240 e. The van der Waals surface area contributed by atoms with Gasteiger partial charge in [-0.1, -0.05) is 30.3 Å². The van der Waals surface area contributed by atoms with Gasteiger partial charge in [0.2, 0.25) is 5.91 Å². The first-order chi connectivity index (χ1) is 13.8. The van der Waals surface area contributed by atoms with Crippen molar-refractivity contribution in [3.8, 4) is 6.07 Å². The van der Waals surface area contributed by atoms with Crippen molar-refractivity contribution in [3.63, 3.8) is 0 Å². The number of aromatic nitrogens is 2. The number of hydrogen-bond donors (Lipinski definition) is 0. The molecule has 0 bridgehead atoms. The number of piperazine rings is 1. The van der Waals surface area contributed by atoms with Crippen LogP contribution in [-0.2, 0) is 11.3 Å². The van der Waals surface area contributed by atoms with Gasteiger partial charge in [0.25, 0.3) is 0 Å². The minimum atomic E-state index is -0.0445. The minimum absolute atomic E-state index is 0.0445. The van der Waals surface area contributed by atoms with Gasteiger partial charge in [-0.3, -0.25) is 9.69 Å². The number of likely N-dealkylation sites (tertiary alicyclic amines) is 1. The van der Waals surface area contributed by atoms with Crippen LogP contribution in [0.15, 0.2) is 42.7 Å². The number of hydrogen-bond acceptors (Lipinski definition) is 6. The van der Waals surface area contributed by atoms with Crippen LogP contribution in [0.2, 0.25) is 0 Å². The zero-order valence-electron chi connectivity index (χ0n) is 15.9. The number of carbonyl (C=O) groups is 1. The molecule has 0 aliphatic carbocycles. The maximum absolute atomic E-state index is 13.1. The summed E-state index contributed by atoms with van der Waals surface area (Å²) in [5.41, 5.74) is 1.53. The zero-order valence-corrected chi connectivity index (χ0v) is 15.9. The molecule has 1 atom stereocenters. The second-order valence-electron chi connectivity index (χ2n) is 7.27. The molecule has 28 heavy (non-hydrogen) atoms. The lowest BCUT2D eigenvalue weighted by atomic mass is 10.0. The average molecular weight is 376 g/mol. The number of carbonyl (C=O) groups excluding carboxylic acids is 1. The Morgan fingerprint density at radius 3 is 2.54 bits per heavy atom. The number of rotatable bonds is 4. The number of nitriles is 1. The van der Waals surface area contributed by atoms with Crippen molar-refractivity contribution in [2.45, 2.75) is 25.4 Å². The Morgan fingerprint density at radius 1 is 1.04 bits per heavy atom. The molecular formula is C21H24N6O. The summed E-state index contributed by atoms with van der Waals surface area (Å²) in [6.45, 7) is 4.58. The summed E-state index contributed by atoms with van der Waals surface area (Å²) >= 11 is 0. The van der Waals surface area contributed by atoms with Crippen LogP contribution in [0.5, 0.6) is 0 Å². The lowest BCUT2D eigenvalue weighted by Crippen LogP contribution is -2.57. The van der Waals surface area contributed by atoms with E-state index < -0.39 is 0 Å². The fraction of sp³-hybridized carbons (Fsp3) is 0.429. The molecule has 1 amide bonds. The topological polar surface area (TPSA) is 76.4 Å². The number of piperidine rings is 1. The fourth-order valence-electron chi connectivity index (χ4n) is 4.11. The van der Waals surface area contributed by atoms with Gasteiger partial charge >= 0.3 is 0 Å². The Kier molecular flexibility index (Phi) is 5.49. The predicted molar refractivity (Wildman–Crippen MR) is 105 cm³/mol. The van der Waals surface area contributed by atoms with Crippen molar-refractivity contribution >= 4 is 11.7 Å². The van der Waals surface area contributed by atoms with Gasteiger partial charge in [-0.05, 0) is 18.4 Å². The van der Waals surface area contributed by atoms with Gasteiger partial charge in [-0.2, -0.15) is 5.26 Å². The summed E-state index contributed by atoms with van der Waals surface area (Å²) < 4.78 is 0. The normalized spacial score (nSPS) is 20.8. The van der Waals surface area contributed by atoms with Crippen LogP contribution in [0.4, 0.5) is 5.82 Å². The van der Waals surface area contributed by atoms with Gasteiger partial charge in [0.05, 0.1) is 6.04 Å². The predicted octanol–water partition coefficient (Wildman–Crippen LogP) is 1.66. The Balaban J connectivity index is 1.39. The van der Waals surface area contributed by atoms with E-state index in [1.165, 1.54) is 5.56 Å². The van der Waals surface area contributed by atoms with E-state index in [0.29, 0.717) is 18.1 Å². The molecule has 2 aliphatic heterocycles. The Bertz CT molecular complexity index is 857. The summed E-state index contributed by atoms with van der Waals surface area (Å²) in [5.74, 6) is 0.881. The van der Waals surface area contributed by atoms with E-state index in [1.54, 1.807) is 12.4 Å². The second kappa shape index (κ2) is 8.36. The highest BCUT2D eigenvalue weighted by Gasteiger charge is 2.35. The summed E-state index contributed by atoms with van der Waals surface area (Å²) in [5, 5.41) is 9.25. The van der Waals surface area contributed by atoms with Gasteiger partial charge in [0.1, 0.15) is 6.07 Å². The number of amides is 1. The maximum Gasteiger partial charge on any atom is 0.240 e. The molecule has 0 saturated carbocycles. The minimum Gasteiger partial charge on any atom is -0.352 e. The third-order valence-electron chi connectivity index (χ3n) is 5.56. The Labute approximate surface area is 165 Å². The van der Waals surface area contributed by atoms with E-state index in [0.717, 1.165) is 45.6 Å². The largest absolute Gasteiger partial charge is 0.352 e. The molecule has 1 aromatic heterocycles. The second-order valence-corrected chi connectivity index (χ2v) is 7.27. The van der Waals surface area contributed by atoms with E-state index >= 15 is 0 Å². The van der Waals surface area contributed by atoms with Crippen LogP contribution in [-0.4, -0.2) is 64.4 Å². The zero-order chi connectivity index (χ0) is 19.3. The van der Waals surface area contributed by atoms with Crippen molar-refractivity contribution in [1.82, 2.24) is 19.8 Å². The lowest BCUT2D eigenvalue weighted by Gasteiger charge is -2.42. The molecule has 2 aromatic rings.